The minimum absolute atomic E-state index is 0.00299. The fourth-order valence-electron chi connectivity index (χ4n) is 2.37. The quantitative estimate of drug-likeness (QED) is 0.339. The van der Waals surface area contributed by atoms with E-state index in [1.165, 1.54) is 0 Å². The van der Waals surface area contributed by atoms with Crippen molar-refractivity contribution in [3.05, 3.63) is 107 Å². The fraction of sp³-hybridized carbons (Fsp3) is 0. The molecule has 0 saturated heterocycles. The van der Waals surface area contributed by atoms with Crippen molar-refractivity contribution in [2.45, 2.75) is 0 Å². The average Bonchev–Trinajstić information content (AvgIpc) is 2.62. The van der Waals surface area contributed by atoms with E-state index in [1.807, 2.05) is 78.9 Å². The second-order valence-electron chi connectivity index (χ2n) is 5.17. The maximum atomic E-state index is 12.9. The second kappa shape index (κ2) is 7.08. The number of halogens is 1. The van der Waals surface area contributed by atoms with Gasteiger partial charge in [-0.3, -0.25) is 4.79 Å². The van der Waals surface area contributed by atoms with Crippen LogP contribution in [0, 0.1) is 0 Å². The Morgan fingerprint density at radius 3 is 1.87 bits per heavy atom. The van der Waals surface area contributed by atoms with E-state index >= 15 is 0 Å². The summed E-state index contributed by atoms with van der Waals surface area (Å²) >= 11 is 5.97. The van der Waals surface area contributed by atoms with Gasteiger partial charge in [0.15, 0.2) is 5.78 Å². The van der Waals surface area contributed by atoms with Gasteiger partial charge in [-0.25, -0.2) is 0 Å². The van der Waals surface area contributed by atoms with Crippen LogP contribution in [-0.4, -0.2) is 5.78 Å². The summed E-state index contributed by atoms with van der Waals surface area (Å²) in [5.41, 5.74) is 3.16. The minimum atomic E-state index is -0.00299. The third-order valence-electron chi connectivity index (χ3n) is 3.55. The van der Waals surface area contributed by atoms with Crippen LogP contribution >= 0.6 is 11.6 Å². The van der Waals surface area contributed by atoms with Gasteiger partial charge in [0.05, 0.1) is 0 Å². The number of Topliss-reactive ketones (excluding diaryl/α,β-unsaturated/α-hetero) is 1. The molecule has 0 aliphatic carbocycles. The van der Waals surface area contributed by atoms with Crippen LogP contribution in [0.5, 0.6) is 0 Å². The molecule has 3 aromatic rings. The standard InChI is InChI=1S/C21H15ClO/c22-19-13-11-17(12-14-19)20(15-16-7-3-1-4-8-16)21(23)18-9-5-2-6-10-18/h1-15H. The molecule has 0 spiro atoms. The molecular formula is C21H15ClO. The zero-order chi connectivity index (χ0) is 16.1. The smallest absolute Gasteiger partial charge is 0.193 e. The first-order valence-corrected chi connectivity index (χ1v) is 7.74. The van der Waals surface area contributed by atoms with Crippen molar-refractivity contribution in [1.29, 1.82) is 0 Å². The summed E-state index contributed by atoms with van der Waals surface area (Å²) in [6, 6.07) is 26.5. The maximum Gasteiger partial charge on any atom is 0.193 e. The van der Waals surface area contributed by atoms with Crippen LogP contribution in [0.2, 0.25) is 5.02 Å². The van der Waals surface area contributed by atoms with E-state index in [1.54, 1.807) is 12.1 Å². The molecule has 0 aliphatic rings. The molecule has 112 valence electrons. The molecule has 3 aromatic carbocycles. The molecule has 0 bridgehead atoms. The summed E-state index contributed by atoms with van der Waals surface area (Å²) in [4.78, 5) is 12.9. The Balaban J connectivity index is 2.08. The Kier molecular flexibility index (Phi) is 4.70. The summed E-state index contributed by atoms with van der Waals surface area (Å²) in [5, 5.41) is 0.653. The number of carbonyl (C=O) groups excluding carboxylic acids is 1. The number of carbonyl (C=O) groups is 1. The third-order valence-corrected chi connectivity index (χ3v) is 3.80. The van der Waals surface area contributed by atoms with Crippen molar-refractivity contribution in [1.82, 2.24) is 0 Å². The monoisotopic (exact) mass is 318 g/mol. The zero-order valence-corrected chi connectivity index (χ0v) is 13.2. The van der Waals surface area contributed by atoms with Crippen LogP contribution in [-0.2, 0) is 0 Å². The Morgan fingerprint density at radius 2 is 1.26 bits per heavy atom. The Morgan fingerprint density at radius 1 is 0.696 bits per heavy atom. The van der Waals surface area contributed by atoms with Gasteiger partial charge in [0.25, 0.3) is 0 Å². The molecule has 0 radical (unpaired) electrons. The highest BCUT2D eigenvalue weighted by Crippen LogP contribution is 2.24. The highest BCUT2D eigenvalue weighted by molar-refractivity contribution is 6.33. The van der Waals surface area contributed by atoms with Crippen molar-refractivity contribution < 1.29 is 4.79 Å². The molecule has 0 aliphatic heterocycles. The van der Waals surface area contributed by atoms with Gasteiger partial charge in [-0.15, -0.1) is 0 Å². The van der Waals surface area contributed by atoms with Crippen molar-refractivity contribution >= 4 is 29.0 Å². The SMILES string of the molecule is O=C(C(=Cc1ccccc1)c1ccc(Cl)cc1)c1ccccc1. The first-order valence-electron chi connectivity index (χ1n) is 7.36. The lowest BCUT2D eigenvalue weighted by Gasteiger charge is -2.08. The molecule has 1 nitrogen and oxygen atoms in total. The van der Waals surface area contributed by atoms with Gasteiger partial charge >= 0.3 is 0 Å². The van der Waals surface area contributed by atoms with Crippen LogP contribution in [0.4, 0.5) is 0 Å². The molecule has 23 heavy (non-hydrogen) atoms. The van der Waals surface area contributed by atoms with Crippen molar-refractivity contribution in [2.24, 2.45) is 0 Å². The Hall–Kier alpha value is -2.64. The van der Waals surface area contributed by atoms with E-state index in [4.69, 9.17) is 11.6 Å². The lowest BCUT2D eigenvalue weighted by Crippen LogP contribution is -2.02. The molecule has 0 N–H and O–H groups in total. The number of hydrogen-bond donors (Lipinski definition) is 0. The predicted octanol–water partition coefficient (Wildman–Crippen LogP) is 5.76. The van der Waals surface area contributed by atoms with E-state index in [2.05, 4.69) is 0 Å². The summed E-state index contributed by atoms with van der Waals surface area (Å²) in [6.45, 7) is 0. The van der Waals surface area contributed by atoms with E-state index in [0.29, 0.717) is 16.2 Å². The van der Waals surface area contributed by atoms with Crippen molar-refractivity contribution in [3.63, 3.8) is 0 Å². The molecule has 0 saturated carbocycles. The van der Waals surface area contributed by atoms with Crippen LogP contribution in [0.25, 0.3) is 11.6 Å². The Bertz CT molecular complexity index is 819. The van der Waals surface area contributed by atoms with Crippen LogP contribution < -0.4 is 0 Å². The van der Waals surface area contributed by atoms with Crippen molar-refractivity contribution in [3.8, 4) is 0 Å². The molecule has 0 aromatic heterocycles. The highest BCUT2D eigenvalue weighted by atomic mass is 35.5. The van der Waals surface area contributed by atoms with Crippen LogP contribution in [0.1, 0.15) is 21.5 Å². The molecule has 0 unspecified atom stereocenters. The van der Waals surface area contributed by atoms with Gasteiger partial charge in [0, 0.05) is 16.2 Å². The molecule has 0 atom stereocenters. The number of hydrogen-bond acceptors (Lipinski definition) is 1. The maximum absolute atomic E-state index is 12.9. The van der Waals surface area contributed by atoms with Gasteiger partial charge in [0.2, 0.25) is 0 Å². The normalized spacial score (nSPS) is 11.3. The summed E-state index contributed by atoms with van der Waals surface area (Å²) < 4.78 is 0. The molecule has 2 heteroatoms. The van der Waals surface area contributed by atoms with Crippen LogP contribution in [0.3, 0.4) is 0 Å². The van der Waals surface area contributed by atoms with Crippen molar-refractivity contribution in [2.75, 3.05) is 0 Å². The molecule has 0 amide bonds. The minimum Gasteiger partial charge on any atom is -0.289 e. The van der Waals surface area contributed by atoms with E-state index in [0.717, 1.165) is 11.1 Å². The van der Waals surface area contributed by atoms with Gasteiger partial charge in [-0.05, 0) is 29.3 Å². The number of allylic oxidation sites excluding steroid dienone is 1. The molecule has 0 fully saturated rings. The first kappa shape index (κ1) is 15.3. The van der Waals surface area contributed by atoms with Gasteiger partial charge in [0.1, 0.15) is 0 Å². The zero-order valence-electron chi connectivity index (χ0n) is 12.4. The number of ketones is 1. The first-order chi connectivity index (χ1) is 11.2. The molecular weight excluding hydrogens is 304 g/mol. The number of rotatable bonds is 4. The summed E-state index contributed by atoms with van der Waals surface area (Å²) in [5.74, 6) is -0.00299. The second-order valence-corrected chi connectivity index (χ2v) is 5.61. The lowest BCUT2D eigenvalue weighted by molar-refractivity contribution is 0.105. The predicted molar refractivity (Wildman–Crippen MR) is 96.5 cm³/mol. The largest absolute Gasteiger partial charge is 0.289 e. The van der Waals surface area contributed by atoms with E-state index < -0.39 is 0 Å². The van der Waals surface area contributed by atoms with Gasteiger partial charge in [-0.2, -0.15) is 0 Å². The van der Waals surface area contributed by atoms with Gasteiger partial charge in [-0.1, -0.05) is 84.4 Å². The Labute approximate surface area is 140 Å². The highest BCUT2D eigenvalue weighted by Gasteiger charge is 2.14. The molecule has 0 heterocycles. The lowest BCUT2D eigenvalue weighted by atomic mass is 9.95. The topological polar surface area (TPSA) is 17.1 Å². The molecule has 3 rings (SSSR count). The number of benzene rings is 3. The average molecular weight is 319 g/mol. The van der Waals surface area contributed by atoms with E-state index in [-0.39, 0.29) is 5.78 Å². The summed E-state index contributed by atoms with van der Waals surface area (Å²) in [7, 11) is 0. The fourth-order valence-corrected chi connectivity index (χ4v) is 2.50. The van der Waals surface area contributed by atoms with E-state index in [9.17, 15) is 4.79 Å². The van der Waals surface area contributed by atoms with Gasteiger partial charge < -0.3 is 0 Å². The summed E-state index contributed by atoms with van der Waals surface area (Å²) in [6.07, 6.45) is 1.92. The van der Waals surface area contributed by atoms with Crippen LogP contribution in [0.15, 0.2) is 84.9 Å². The third kappa shape index (κ3) is 3.77.